The molecule has 43 heavy (non-hydrogen) atoms. The largest absolute Gasteiger partial charge is 0.462 e. The van der Waals surface area contributed by atoms with Gasteiger partial charge in [-0.25, -0.2) is 6.57 Å². The van der Waals surface area contributed by atoms with E-state index in [2.05, 4.69) is 50.2 Å². The maximum atomic E-state index is 12.6. The number of anilines is 2. The van der Waals surface area contributed by atoms with Crippen LogP contribution in [0, 0.1) is 6.57 Å². The topological polar surface area (TPSA) is 98.1 Å². The van der Waals surface area contributed by atoms with Gasteiger partial charge in [0.2, 0.25) is 12.5 Å². The summed E-state index contributed by atoms with van der Waals surface area (Å²) in [5, 5.41) is 8.93. The van der Waals surface area contributed by atoms with Gasteiger partial charge in [0.1, 0.15) is 18.5 Å². The number of nitrogens with zero attached hydrogens (tertiary/aromatic N) is 8. The number of nitrogens with one attached hydrogen (secondary N) is 1. The molecule has 2 saturated heterocycles. The average Bonchev–Trinajstić information content (AvgIpc) is 3.69. The van der Waals surface area contributed by atoms with Crippen LogP contribution in [0.3, 0.4) is 0 Å². The summed E-state index contributed by atoms with van der Waals surface area (Å²) in [6, 6.07) is 4.74. The number of hydrogen-bond donors (Lipinski definition) is 1. The van der Waals surface area contributed by atoms with E-state index in [4.69, 9.17) is 32.9 Å². The molecule has 3 aromatic rings. The van der Waals surface area contributed by atoms with E-state index in [1.165, 1.54) is 6.08 Å². The molecule has 0 saturated carbocycles. The molecule has 1 amide bonds. The Bertz CT molecular complexity index is 1550. The second-order valence-electron chi connectivity index (χ2n) is 11.8. The molecule has 12 heteroatoms. The number of benzene rings is 1. The minimum absolute atomic E-state index is 0.144. The number of piperazine rings is 1. The molecule has 0 radical (unpaired) electrons. The second kappa shape index (κ2) is 12.4. The predicted molar refractivity (Wildman–Crippen MR) is 168 cm³/mol. The van der Waals surface area contributed by atoms with E-state index >= 15 is 0 Å². The number of halogens is 1. The molecule has 3 aliphatic heterocycles. The Morgan fingerprint density at radius 2 is 2.09 bits per heavy atom. The van der Waals surface area contributed by atoms with Crippen LogP contribution in [-0.4, -0.2) is 99.9 Å². The predicted octanol–water partition coefficient (Wildman–Crippen LogP) is 3.94. The first-order valence-corrected chi connectivity index (χ1v) is 15.4. The van der Waals surface area contributed by atoms with Crippen molar-refractivity contribution < 1.29 is 9.53 Å². The summed E-state index contributed by atoms with van der Waals surface area (Å²) in [5.74, 6) is 0.689. The molecule has 0 spiro atoms. The highest BCUT2D eigenvalue weighted by atomic mass is 35.5. The molecule has 5 heterocycles. The standard InChI is InChI=1S/C31H38ClN9O2/c1-5-28(42)41-14-13-39(17-22(41)15-33-4)30-23-10-12-38(29-24-16-34-37-26(24)9-8-25(29)32)18-27(23)35-31(36-30)43-19-21-7-6-11-40(21)20(2)3/h5,8-9,16,20-22H,1,6-7,10-15,17-19H2,2-3H3,(H,34,37)/t21-,22?/m0/s1. The summed E-state index contributed by atoms with van der Waals surface area (Å²) in [5.41, 5.74) is 3.85. The van der Waals surface area contributed by atoms with Crippen LogP contribution in [0.2, 0.25) is 5.02 Å². The highest BCUT2D eigenvalue weighted by Crippen LogP contribution is 2.38. The molecule has 11 nitrogen and oxygen atoms in total. The highest BCUT2D eigenvalue weighted by Gasteiger charge is 2.35. The van der Waals surface area contributed by atoms with Crippen LogP contribution in [-0.2, 0) is 17.8 Å². The Hall–Kier alpha value is -3.88. The Labute approximate surface area is 257 Å². The molecule has 6 rings (SSSR count). The molecule has 0 aliphatic carbocycles. The maximum absolute atomic E-state index is 12.6. The molecule has 1 N–H and O–H groups in total. The summed E-state index contributed by atoms with van der Waals surface area (Å²) in [6.07, 6.45) is 6.12. The van der Waals surface area contributed by atoms with E-state index in [0.29, 0.717) is 55.9 Å². The summed E-state index contributed by atoms with van der Waals surface area (Å²) >= 11 is 6.75. The van der Waals surface area contributed by atoms with E-state index in [1.54, 1.807) is 4.90 Å². The third-order valence-electron chi connectivity index (χ3n) is 8.92. The van der Waals surface area contributed by atoms with Gasteiger partial charge in [0.15, 0.2) is 0 Å². The first kappa shape index (κ1) is 29.2. The van der Waals surface area contributed by atoms with Crippen LogP contribution in [0.1, 0.15) is 37.9 Å². The minimum Gasteiger partial charge on any atom is -0.462 e. The fourth-order valence-electron chi connectivity index (χ4n) is 6.81. The third kappa shape index (κ3) is 5.74. The lowest BCUT2D eigenvalue weighted by atomic mass is 10.0. The number of H-pyrrole nitrogens is 1. The molecular weight excluding hydrogens is 566 g/mol. The lowest BCUT2D eigenvalue weighted by Gasteiger charge is -2.41. The molecule has 1 aromatic carbocycles. The number of likely N-dealkylation sites (tertiary alicyclic amines) is 1. The Morgan fingerprint density at radius 1 is 1.23 bits per heavy atom. The number of hydrogen-bond acceptors (Lipinski definition) is 8. The van der Waals surface area contributed by atoms with Crippen LogP contribution in [0.25, 0.3) is 15.7 Å². The summed E-state index contributed by atoms with van der Waals surface area (Å²) < 4.78 is 6.37. The van der Waals surface area contributed by atoms with Crippen molar-refractivity contribution in [3.63, 3.8) is 0 Å². The SMILES string of the molecule is [C-]#[N+]CC1CN(c2nc(OC[C@@H]3CCCN3C(C)C)nc3c2CCN(c2c(Cl)ccc4[nH]ncc24)C3)CCN1C(=O)C=C. The molecule has 226 valence electrons. The monoisotopic (exact) mass is 603 g/mol. The molecular formula is C31H38ClN9O2. The zero-order valence-corrected chi connectivity index (χ0v) is 25.6. The van der Waals surface area contributed by atoms with Crippen LogP contribution >= 0.6 is 11.6 Å². The van der Waals surface area contributed by atoms with E-state index in [1.807, 2.05) is 18.3 Å². The van der Waals surface area contributed by atoms with Gasteiger partial charge in [-0.1, -0.05) is 18.2 Å². The van der Waals surface area contributed by atoms with Gasteiger partial charge in [0.25, 0.3) is 0 Å². The van der Waals surface area contributed by atoms with Crippen molar-refractivity contribution in [2.45, 2.75) is 57.8 Å². The summed E-state index contributed by atoms with van der Waals surface area (Å²) in [7, 11) is 0. The maximum Gasteiger partial charge on any atom is 0.318 e. The summed E-state index contributed by atoms with van der Waals surface area (Å²) in [4.78, 5) is 34.8. The van der Waals surface area contributed by atoms with E-state index in [0.717, 1.165) is 66.0 Å². The first-order valence-electron chi connectivity index (χ1n) is 15.0. The first-order chi connectivity index (χ1) is 20.9. The van der Waals surface area contributed by atoms with Gasteiger partial charge in [-0.15, -0.1) is 0 Å². The van der Waals surface area contributed by atoms with Gasteiger partial charge in [-0.05, 0) is 57.9 Å². The quantitative estimate of drug-likeness (QED) is 0.305. The third-order valence-corrected chi connectivity index (χ3v) is 9.22. The van der Waals surface area contributed by atoms with Crippen molar-refractivity contribution in [2.75, 3.05) is 55.7 Å². The number of aromatic amines is 1. The molecule has 3 aliphatic rings. The number of rotatable bonds is 8. The van der Waals surface area contributed by atoms with Crippen LogP contribution in [0.5, 0.6) is 6.01 Å². The number of carbonyl (C=O) groups excluding carboxylic acids is 1. The Balaban J connectivity index is 1.33. The van der Waals surface area contributed by atoms with Gasteiger partial charge < -0.3 is 24.3 Å². The van der Waals surface area contributed by atoms with Gasteiger partial charge in [-0.2, -0.15) is 15.1 Å². The lowest BCUT2D eigenvalue weighted by Crippen LogP contribution is -2.56. The van der Waals surface area contributed by atoms with Crippen molar-refractivity contribution in [2.24, 2.45) is 0 Å². The van der Waals surface area contributed by atoms with Gasteiger partial charge >= 0.3 is 6.01 Å². The van der Waals surface area contributed by atoms with Crippen LogP contribution in [0.15, 0.2) is 31.0 Å². The zero-order chi connectivity index (χ0) is 30.1. The minimum atomic E-state index is -0.248. The van der Waals surface area contributed by atoms with Crippen molar-refractivity contribution >= 4 is 39.9 Å². The van der Waals surface area contributed by atoms with Crippen molar-refractivity contribution in [1.82, 2.24) is 30.0 Å². The van der Waals surface area contributed by atoms with Gasteiger partial charge in [0.05, 0.1) is 34.7 Å². The Morgan fingerprint density at radius 3 is 2.88 bits per heavy atom. The zero-order valence-electron chi connectivity index (χ0n) is 24.8. The second-order valence-corrected chi connectivity index (χ2v) is 12.2. The highest BCUT2D eigenvalue weighted by molar-refractivity contribution is 6.35. The smallest absolute Gasteiger partial charge is 0.318 e. The number of fused-ring (bicyclic) bond motifs is 2. The van der Waals surface area contributed by atoms with Gasteiger partial charge in [-0.3, -0.25) is 14.8 Å². The molecule has 0 bridgehead atoms. The number of ether oxygens (including phenoxy) is 1. The van der Waals surface area contributed by atoms with Crippen molar-refractivity contribution in [1.29, 1.82) is 0 Å². The average molecular weight is 604 g/mol. The normalized spacial score (nSPS) is 20.9. The lowest BCUT2D eigenvalue weighted by molar-refractivity contribution is -0.128. The fraction of sp³-hybridized carbons (Fsp3) is 0.516. The van der Waals surface area contributed by atoms with E-state index in [9.17, 15) is 4.79 Å². The summed E-state index contributed by atoms with van der Waals surface area (Å²) in [6.45, 7) is 20.3. The Kier molecular flexibility index (Phi) is 8.41. The number of carbonyl (C=O) groups is 1. The molecule has 2 aromatic heterocycles. The molecule has 2 atom stereocenters. The van der Waals surface area contributed by atoms with Crippen molar-refractivity contribution in [3.05, 3.63) is 58.7 Å². The van der Waals surface area contributed by atoms with Crippen LogP contribution < -0.4 is 14.5 Å². The molecule has 1 unspecified atom stereocenters. The molecule has 2 fully saturated rings. The number of amides is 1. The van der Waals surface area contributed by atoms with Crippen molar-refractivity contribution in [3.8, 4) is 6.01 Å². The fourth-order valence-corrected chi connectivity index (χ4v) is 7.09. The van der Waals surface area contributed by atoms with Gasteiger partial charge in [0, 0.05) is 49.2 Å². The van der Waals surface area contributed by atoms with E-state index in [-0.39, 0.29) is 18.5 Å². The number of aromatic nitrogens is 4. The van der Waals surface area contributed by atoms with E-state index < -0.39 is 0 Å². The van der Waals surface area contributed by atoms with Crippen LogP contribution in [0.4, 0.5) is 11.5 Å².